The Morgan fingerprint density at radius 3 is 2.47 bits per heavy atom. The van der Waals surface area contributed by atoms with Gasteiger partial charge in [-0.3, -0.25) is 4.99 Å². The Balaban J connectivity index is 2.05. The molecule has 0 unspecified atom stereocenters. The minimum atomic E-state index is 0.0421. The first-order valence-corrected chi connectivity index (χ1v) is 7.62. The lowest BCUT2D eigenvalue weighted by Crippen LogP contribution is -2.47. The average Bonchev–Trinajstić information content (AvgIpc) is 2.37. The van der Waals surface area contributed by atoms with E-state index < -0.39 is 0 Å². The van der Waals surface area contributed by atoms with E-state index in [1.807, 2.05) is 0 Å². The Hall–Kier alpha value is -0.770. The highest BCUT2D eigenvalue weighted by Gasteiger charge is 2.13. The van der Waals surface area contributed by atoms with E-state index >= 15 is 0 Å². The molecule has 0 amide bonds. The zero-order valence-electron chi connectivity index (χ0n) is 13.1. The third kappa shape index (κ3) is 8.09. The van der Waals surface area contributed by atoms with Crippen molar-refractivity contribution in [2.45, 2.75) is 70.9 Å². The van der Waals surface area contributed by atoms with Crippen LogP contribution in [-0.2, 0) is 4.74 Å². The zero-order valence-corrected chi connectivity index (χ0v) is 13.1. The lowest BCUT2D eigenvalue weighted by atomic mass is 9.98. The second-order valence-electron chi connectivity index (χ2n) is 6.36. The van der Waals surface area contributed by atoms with Crippen LogP contribution >= 0.6 is 0 Å². The molecule has 1 rings (SSSR count). The van der Waals surface area contributed by atoms with Gasteiger partial charge in [0.2, 0.25) is 0 Å². The number of ether oxygens (including phenoxy) is 1. The van der Waals surface area contributed by atoms with Gasteiger partial charge in [0.25, 0.3) is 0 Å². The van der Waals surface area contributed by atoms with Crippen molar-refractivity contribution in [3.63, 3.8) is 0 Å². The van der Waals surface area contributed by atoms with Crippen LogP contribution < -0.4 is 10.6 Å². The minimum absolute atomic E-state index is 0.0421. The van der Waals surface area contributed by atoms with E-state index in [0.29, 0.717) is 6.10 Å². The van der Waals surface area contributed by atoms with Gasteiger partial charge in [0.1, 0.15) is 0 Å². The van der Waals surface area contributed by atoms with E-state index in [4.69, 9.17) is 4.74 Å². The molecule has 0 radical (unpaired) electrons. The van der Waals surface area contributed by atoms with E-state index in [1.54, 1.807) is 7.05 Å². The minimum Gasteiger partial charge on any atom is -0.378 e. The first kappa shape index (κ1) is 16.3. The van der Waals surface area contributed by atoms with Crippen molar-refractivity contribution >= 4 is 5.96 Å². The number of nitrogens with zero attached hydrogens (tertiary/aromatic N) is 1. The van der Waals surface area contributed by atoms with Crippen LogP contribution in [0.4, 0.5) is 0 Å². The zero-order chi connectivity index (χ0) is 14.1. The Morgan fingerprint density at radius 2 is 1.89 bits per heavy atom. The molecule has 0 aromatic rings. The Morgan fingerprint density at radius 1 is 1.21 bits per heavy atom. The van der Waals surface area contributed by atoms with Crippen LogP contribution in [0.15, 0.2) is 4.99 Å². The number of aliphatic imine (C=N–C) groups is 1. The highest BCUT2D eigenvalue weighted by molar-refractivity contribution is 5.80. The SMILES string of the molecule is CN=C(NCCCOC1CCCCC1)NC(C)(C)C. The maximum absolute atomic E-state index is 5.90. The number of nitrogens with one attached hydrogen (secondary N) is 2. The summed E-state index contributed by atoms with van der Waals surface area (Å²) < 4.78 is 5.90. The molecule has 4 nitrogen and oxygen atoms in total. The van der Waals surface area contributed by atoms with Gasteiger partial charge >= 0.3 is 0 Å². The third-order valence-corrected chi connectivity index (χ3v) is 3.24. The number of hydrogen-bond acceptors (Lipinski definition) is 2. The quantitative estimate of drug-likeness (QED) is 0.458. The normalized spacial score (nSPS) is 18.4. The topological polar surface area (TPSA) is 45.7 Å². The van der Waals surface area contributed by atoms with E-state index in [1.165, 1.54) is 32.1 Å². The molecule has 0 heterocycles. The maximum atomic E-state index is 5.90. The third-order valence-electron chi connectivity index (χ3n) is 3.24. The van der Waals surface area contributed by atoms with Gasteiger partial charge in [0.05, 0.1) is 6.10 Å². The monoisotopic (exact) mass is 269 g/mol. The number of hydrogen-bond donors (Lipinski definition) is 2. The first-order valence-electron chi connectivity index (χ1n) is 7.62. The fourth-order valence-corrected chi connectivity index (χ4v) is 2.30. The summed E-state index contributed by atoms with van der Waals surface area (Å²) in [6.45, 7) is 8.15. The van der Waals surface area contributed by atoms with Crippen LogP contribution in [0.25, 0.3) is 0 Å². The van der Waals surface area contributed by atoms with Gasteiger partial charge in [-0.05, 0) is 40.0 Å². The van der Waals surface area contributed by atoms with Crippen LogP contribution in [0, 0.1) is 0 Å². The van der Waals surface area contributed by atoms with E-state index in [2.05, 4.69) is 36.4 Å². The summed E-state index contributed by atoms with van der Waals surface area (Å²) in [7, 11) is 1.81. The molecule has 1 aliphatic carbocycles. The molecular formula is C15H31N3O. The van der Waals surface area contributed by atoms with Gasteiger partial charge in [0.15, 0.2) is 5.96 Å². The van der Waals surface area contributed by atoms with Gasteiger partial charge in [0, 0.05) is 25.7 Å². The number of guanidine groups is 1. The largest absolute Gasteiger partial charge is 0.378 e. The van der Waals surface area contributed by atoms with E-state index in [0.717, 1.165) is 25.5 Å². The molecule has 0 aromatic heterocycles. The summed E-state index contributed by atoms with van der Waals surface area (Å²) >= 11 is 0. The predicted molar refractivity (Wildman–Crippen MR) is 81.7 cm³/mol. The summed E-state index contributed by atoms with van der Waals surface area (Å²) in [4.78, 5) is 4.21. The Bertz CT molecular complexity index is 265. The van der Waals surface area contributed by atoms with Crippen molar-refractivity contribution in [2.75, 3.05) is 20.2 Å². The molecule has 2 N–H and O–H groups in total. The Kier molecular flexibility index (Phi) is 7.21. The summed E-state index contributed by atoms with van der Waals surface area (Å²) in [5, 5.41) is 6.67. The van der Waals surface area contributed by atoms with Gasteiger partial charge in [-0.2, -0.15) is 0 Å². The van der Waals surface area contributed by atoms with Crippen LogP contribution in [0.5, 0.6) is 0 Å². The summed E-state index contributed by atoms with van der Waals surface area (Å²) in [5.74, 6) is 0.866. The fraction of sp³-hybridized carbons (Fsp3) is 0.933. The summed E-state index contributed by atoms with van der Waals surface area (Å²) in [6, 6.07) is 0. The maximum Gasteiger partial charge on any atom is 0.191 e. The van der Waals surface area contributed by atoms with Crippen molar-refractivity contribution in [3.8, 4) is 0 Å². The van der Waals surface area contributed by atoms with E-state index in [-0.39, 0.29) is 5.54 Å². The van der Waals surface area contributed by atoms with Crippen molar-refractivity contribution < 1.29 is 4.74 Å². The fourth-order valence-electron chi connectivity index (χ4n) is 2.30. The molecule has 19 heavy (non-hydrogen) atoms. The molecule has 1 saturated carbocycles. The van der Waals surface area contributed by atoms with Gasteiger partial charge in [-0.15, -0.1) is 0 Å². The second kappa shape index (κ2) is 8.41. The molecule has 112 valence electrons. The molecule has 1 aliphatic rings. The summed E-state index contributed by atoms with van der Waals surface area (Å²) in [5.41, 5.74) is 0.0421. The lowest BCUT2D eigenvalue weighted by Gasteiger charge is -2.24. The molecule has 0 saturated heterocycles. The highest BCUT2D eigenvalue weighted by Crippen LogP contribution is 2.20. The summed E-state index contributed by atoms with van der Waals surface area (Å²) in [6.07, 6.45) is 8.11. The molecule has 0 spiro atoms. The van der Waals surface area contributed by atoms with Crippen LogP contribution in [-0.4, -0.2) is 37.8 Å². The van der Waals surface area contributed by atoms with Crippen molar-refractivity contribution in [1.29, 1.82) is 0 Å². The first-order chi connectivity index (χ1) is 9.01. The lowest BCUT2D eigenvalue weighted by molar-refractivity contribution is 0.0277. The van der Waals surface area contributed by atoms with Gasteiger partial charge in [-0.1, -0.05) is 19.3 Å². The number of rotatable bonds is 5. The average molecular weight is 269 g/mol. The molecule has 0 atom stereocenters. The Labute approximate surface area is 118 Å². The van der Waals surface area contributed by atoms with Crippen molar-refractivity contribution in [2.24, 2.45) is 4.99 Å². The predicted octanol–water partition coefficient (Wildman–Crippen LogP) is 2.69. The molecule has 1 fully saturated rings. The van der Waals surface area contributed by atoms with Crippen molar-refractivity contribution in [1.82, 2.24) is 10.6 Å². The molecule has 0 aliphatic heterocycles. The van der Waals surface area contributed by atoms with Gasteiger partial charge < -0.3 is 15.4 Å². The molecule has 0 aromatic carbocycles. The van der Waals surface area contributed by atoms with Crippen LogP contribution in [0.3, 0.4) is 0 Å². The molecular weight excluding hydrogens is 238 g/mol. The van der Waals surface area contributed by atoms with Crippen LogP contribution in [0.2, 0.25) is 0 Å². The highest BCUT2D eigenvalue weighted by atomic mass is 16.5. The van der Waals surface area contributed by atoms with Gasteiger partial charge in [-0.25, -0.2) is 0 Å². The van der Waals surface area contributed by atoms with Crippen LogP contribution in [0.1, 0.15) is 59.3 Å². The molecule has 4 heteroatoms. The van der Waals surface area contributed by atoms with E-state index in [9.17, 15) is 0 Å². The smallest absolute Gasteiger partial charge is 0.191 e. The van der Waals surface area contributed by atoms with Crippen molar-refractivity contribution in [3.05, 3.63) is 0 Å². The standard InChI is InChI=1S/C15H31N3O/c1-15(2,3)18-14(16-4)17-11-8-12-19-13-9-6-5-7-10-13/h13H,5-12H2,1-4H3,(H2,16,17,18). The molecule has 0 bridgehead atoms. The second-order valence-corrected chi connectivity index (χ2v) is 6.36.